The molecule has 0 aliphatic rings. The Morgan fingerprint density at radius 1 is 1.13 bits per heavy atom. The number of aromatic nitrogens is 3. The van der Waals surface area contributed by atoms with E-state index in [-0.39, 0.29) is 0 Å². The quantitative estimate of drug-likeness (QED) is 0.772. The molecule has 0 fully saturated rings. The van der Waals surface area contributed by atoms with Crippen LogP contribution in [-0.2, 0) is 7.05 Å². The van der Waals surface area contributed by atoms with E-state index in [4.69, 9.17) is 0 Å². The molecule has 2 heterocycles. The number of pyridine rings is 1. The zero-order valence-electron chi connectivity index (χ0n) is 9.84. The molecule has 80 valence electrons. The van der Waals surface area contributed by atoms with Crippen LogP contribution in [0.25, 0.3) is 11.0 Å². The van der Waals surface area contributed by atoms with Gasteiger partial charge in [0.05, 0.1) is 5.52 Å². The Balaban J connectivity index is 2.96. The average molecular weight is 204 g/mol. The van der Waals surface area contributed by atoms with E-state index >= 15 is 0 Å². The third kappa shape index (κ3) is 1.28. The lowest BCUT2D eigenvalue weighted by Crippen LogP contribution is -2.00. The number of anilines is 1. The van der Waals surface area contributed by atoms with Crippen LogP contribution in [0.1, 0.15) is 17.1 Å². The fourth-order valence-electron chi connectivity index (χ4n) is 1.85. The molecule has 0 aromatic carbocycles. The Kier molecular flexibility index (Phi) is 2.14. The van der Waals surface area contributed by atoms with Crippen LogP contribution in [0.15, 0.2) is 0 Å². The first kappa shape index (κ1) is 9.96. The number of nitrogens with one attached hydrogen (secondary N) is 1. The van der Waals surface area contributed by atoms with Crippen molar-refractivity contribution in [2.24, 2.45) is 7.05 Å². The highest BCUT2D eigenvalue weighted by molar-refractivity contribution is 5.89. The molecule has 0 saturated carbocycles. The maximum absolute atomic E-state index is 4.52. The Hall–Kier alpha value is -1.58. The molecule has 0 aliphatic heterocycles. The lowest BCUT2D eigenvalue weighted by atomic mass is 10.2. The summed E-state index contributed by atoms with van der Waals surface area (Å²) in [4.78, 5) is 9.01. The van der Waals surface area contributed by atoms with E-state index in [0.29, 0.717) is 0 Å². The summed E-state index contributed by atoms with van der Waals surface area (Å²) in [6.07, 6.45) is 0. The van der Waals surface area contributed by atoms with Gasteiger partial charge in [-0.05, 0) is 26.3 Å². The minimum Gasteiger partial charge on any atom is -0.371 e. The van der Waals surface area contributed by atoms with Crippen molar-refractivity contribution in [3.8, 4) is 0 Å². The molecular formula is C11H16N4. The minimum atomic E-state index is 0.858. The molecule has 15 heavy (non-hydrogen) atoms. The summed E-state index contributed by atoms with van der Waals surface area (Å²) in [6, 6.07) is 0. The Morgan fingerprint density at radius 2 is 1.80 bits per heavy atom. The summed E-state index contributed by atoms with van der Waals surface area (Å²) >= 11 is 0. The minimum absolute atomic E-state index is 0.858. The fourth-order valence-corrected chi connectivity index (χ4v) is 1.85. The maximum Gasteiger partial charge on any atom is 0.154 e. The van der Waals surface area contributed by atoms with E-state index in [1.165, 1.54) is 11.1 Å². The Labute approximate surface area is 89.3 Å². The second-order valence-electron chi connectivity index (χ2n) is 3.84. The normalized spacial score (nSPS) is 11.0. The summed E-state index contributed by atoms with van der Waals surface area (Å²) in [7, 11) is 3.91. The summed E-state index contributed by atoms with van der Waals surface area (Å²) in [5.41, 5.74) is 4.38. The lowest BCUT2D eigenvalue weighted by Gasteiger charge is -2.07. The molecule has 2 aromatic rings. The second kappa shape index (κ2) is 3.22. The van der Waals surface area contributed by atoms with Gasteiger partial charge in [0.15, 0.2) is 5.82 Å². The first-order valence-electron chi connectivity index (χ1n) is 5.04. The number of hydrogen-bond donors (Lipinski definition) is 1. The monoisotopic (exact) mass is 204 g/mol. The molecule has 0 saturated heterocycles. The molecule has 0 bridgehead atoms. The van der Waals surface area contributed by atoms with E-state index in [1.807, 2.05) is 27.9 Å². The Morgan fingerprint density at radius 3 is 2.40 bits per heavy atom. The number of imidazole rings is 1. The summed E-state index contributed by atoms with van der Waals surface area (Å²) in [5, 5.41) is 3.09. The van der Waals surface area contributed by atoms with Gasteiger partial charge in [-0.3, -0.25) is 0 Å². The largest absolute Gasteiger partial charge is 0.371 e. The molecule has 0 amide bonds. The average Bonchev–Trinajstić information content (AvgIpc) is 2.50. The molecular weight excluding hydrogens is 188 g/mol. The zero-order chi connectivity index (χ0) is 11.2. The van der Waals surface area contributed by atoms with Crippen molar-refractivity contribution in [1.82, 2.24) is 14.5 Å². The van der Waals surface area contributed by atoms with Gasteiger partial charge in [-0.2, -0.15) is 0 Å². The number of fused-ring (bicyclic) bond motifs is 1. The van der Waals surface area contributed by atoms with Crippen molar-refractivity contribution >= 4 is 16.9 Å². The summed E-state index contributed by atoms with van der Waals surface area (Å²) in [5.74, 6) is 1.87. The van der Waals surface area contributed by atoms with E-state index < -0.39 is 0 Å². The number of rotatable bonds is 1. The second-order valence-corrected chi connectivity index (χ2v) is 3.84. The van der Waals surface area contributed by atoms with Crippen LogP contribution in [0.2, 0.25) is 0 Å². The maximum atomic E-state index is 4.52. The molecule has 2 rings (SSSR count). The van der Waals surface area contributed by atoms with Crippen LogP contribution in [0.3, 0.4) is 0 Å². The third-order valence-corrected chi connectivity index (χ3v) is 2.96. The van der Waals surface area contributed by atoms with Gasteiger partial charge >= 0.3 is 0 Å². The van der Waals surface area contributed by atoms with Gasteiger partial charge in [0.2, 0.25) is 0 Å². The smallest absolute Gasteiger partial charge is 0.154 e. The van der Waals surface area contributed by atoms with Gasteiger partial charge in [-0.1, -0.05) is 0 Å². The van der Waals surface area contributed by atoms with Crippen molar-refractivity contribution in [2.45, 2.75) is 20.8 Å². The highest BCUT2D eigenvalue weighted by atomic mass is 15.1. The zero-order valence-corrected chi connectivity index (χ0v) is 9.84. The molecule has 1 N–H and O–H groups in total. The third-order valence-electron chi connectivity index (χ3n) is 2.96. The summed E-state index contributed by atoms with van der Waals surface area (Å²) in [6.45, 7) is 6.12. The van der Waals surface area contributed by atoms with Crippen molar-refractivity contribution in [3.05, 3.63) is 17.1 Å². The Bertz CT molecular complexity index is 525. The SMILES string of the molecule is CNc1nc(C)c(C)c2c1nc(C)n2C. The van der Waals surface area contributed by atoms with Crippen molar-refractivity contribution in [3.63, 3.8) is 0 Å². The molecule has 2 aromatic heterocycles. The van der Waals surface area contributed by atoms with Crippen LogP contribution in [-0.4, -0.2) is 21.6 Å². The van der Waals surface area contributed by atoms with Crippen LogP contribution in [0.4, 0.5) is 5.82 Å². The molecule has 4 heteroatoms. The molecule has 4 nitrogen and oxygen atoms in total. The highest BCUT2D eigenvalue weighted by Gasteiger charge is 2.13. The lowest BCUT2D eigenvalue weighted by molar-refractivity contribution is 0.882. The number of aryl methyl sites for hydroxylation is 4. The standard InChI is InChI=1S/C11H16N4/c1-6-7(2)13-11(12-4)9-10(6)15(5)8(3)14-9/h1-5H3,(H,12,13). The number of hydrogen-bond acceptors (Lipinski definition) is 3. The molecule has 0 radical (unpaired) electrons. The number of nitrogens with zero attached hydrogens (tertiary/aromatic N) is 3. The van der Waals surface area contributed by atoms with Gasteiger partial charge in [-0.15, -0.1) is 0 Å². The van der Waals surface area contributed by atoms with Crippen LogP contribution >= 0.6 is 0 Å². The molecule has 0 atom stereocenters. The molecule has 0 unspecified atom stereocenters. The van der Waals surface area contributed by atoms with E-state index in [0.717, 1.165) is 22.9 Å². The van der Waals surface area contributed by atoms with E-state index in [9.17, 15) is 0 Å². The van der Waals surface area contributed by atoms with Gasteiger partial charge < -0.3 is 9.88 Å². The fraction of sp³-hybridized carbons (Fsp3) is 0.455. The van der Waals surface area contributed by atoms with Gasteiger partial charge in [0.25, 0.3) is 0 Å². The first-order valence-corrected chi connectivity index (χ1v) is 5.04. The topological polar surface area (TPSA) is 42.7 Å². The molecule has 0 spiro atoms. The van der Waals surface area contributed by atoms with Gasteiger partial charge in [0.1, 0.15) is 11.3 Å². The predicted octanol–water partition coefficient (Wildman–Crippen LogP) is 1.94. The van der Waals surface area contributed by atoms with E-state index in [1.54, 1.807) is 0 Å². The summed E-state index contributed by atoms with van der Waals surface area (Å²) < 4.78 is 2.11. The van der Waals surface area contributed by atoms with Crippen molar-refractivity contribution in [1.29, 1.82) is 0 Å². The van der Waals surface area contributed by atoms with Crippen molar-refractivity contribution < 1.29 is 0 Å². The highest BCUT2D eigenvalue weighted by Crippen LogP contribution is 2.25. The van der Waals surface area contributed by atoms with Gasteiger partial charge in [-0.25, -0.2) is 9.97 Å². The first-order chi connectivity index (χ1) is 7.06. The molecule has 0 aliphatic carbocycles. The van der Waals surface area contributed by atoms with Crippen molar-refractivity contribution in [2.75, 3.05) is 12.4 Å². The predicted molar refractivity (Wildman–Crippen MR) is 62.3 cm³/mol. The van der Waals surface area contributed by atoms with E-state index in [2.05, 4.69) is 26.8 Å². The van der Waals surface area contributed by atoms with Crippen LogP contribution in [0.5, 0.6) is 0 Å². The van der Waals surface area contributed by atoms with Crippen LogP contribution in [0, 0.1) is 20.8 Å². The van der Waals surface area contributed by atoms with Gasteiger partial charge in [0, 0.05) is 19.8 Å². The van der Waals surface area contributed by atoms with Crippen LogP contribution < -0.4 is 5.32 Å².